The summed E-state index contributed by atoms with van der Waals surface area (Å²) in [5.74, 6) is 1.04. The van der Waals surface area contributed by atoms with E-state index >= 15 is 0 Å². The number of likely N-dealkylation sites (tertiary alicyclic amines) is 2. The molecule has 3 rings (SSSR count). The summed E-state index contributed by atoms with van der Waals surface area (Å²) in [5, 5.41) is 3.37. The first kappa shape index (κ1) is 20.0. The fourth-order valence-corrected chi connectivity index (χ4v) is 4.05. The highest BCUT2D eigenvalue weighted by Gasteiger charge is 2.29. The average Bonchev–Trinajstić information content (AvgIpc) is 3.03. The highest BCUT2D eigenvalue weighted by atomic mass is 35.5. The van der Waals surface area contributed by atoms with Crippen molar-refractivity contribution in [2.75, 3.05) is 39.3 Å². The summed E-state index contributed by atoms with van der Waals surface area (Å²) >= 11 is 0. The van der Waals surface area contributed by atoms with Crippen molar-refractivity contribution in [3.63, 3.8) is 0 Å². The quantitative estimate of drug-likeness (QED) is 0.847. The second kappa shape index (κ2) is 9.96. The van der Waals surface area contributed by atoms with Crippen LogP contribution in [-0.4, -0.2) is 61.0 Å². The molecular weight excluding hydrogens is 321 g/mol. The van der Waals surface area contributed by atoms with Gasteiger partial charge in [-0.3, -0.25) is 4.79 Å². The van der Waals surface area contributed by atoms with Gasteiger partial charge >= 0.3 is 0 Å². The molecule has 0 aromatic heterocycles. The van der Waals surface area contributed by atoms with Gasteiger partial charge in [-0.05, 0) is 70.6 Å². The van der Waals surface area contributed by atoms with E-state index in [1.807, 2.05) is 0 Å². The molecule has 0 aliphatic carbocycles. The van der Waals surface area contributed by atoms with E-state index in [-0.39, 0.29) is 24.8 Å². The average molecular weight is 352 g/mol. The fraction of sp³-hybridized carbons (Fsp3) is 0.938. The van der Waals surface area contributed by atoms with Crippen LogP contribution in [0.15, 0.2) is 0 Å². The Morgan fingerprint density at radius 1 is 0.909 bits per heavy atom. The number of piperidine rings is 2. The van der Waals surface area contributed by atoms with Crippen LogP contribution in [0.1, 0.15) is 44.9 Å². The van der Waals surface area contributed by atoms with Gasteiger partial charge in [0.15, 0.2) is 0 Å². The van der Waals surface area contributed by atoms with Crippen molar-refractivity contribution in [3.8, 4) is 0 Å². The number of nitrogens with one attached hydrogen (secondary N) is 1. The normalized spacial score (nSPS) is 24.6. The fourth-order valence-electron chi connectivity index (χ4n) is 4.05. The van der Waals surface area contributed by atoms with Crippen LogP contribution in [0.5, 0.6) is 0 Å². The molecule has 3 saturated heterocycles. The van der Waals surface area contributed by atoms with Crippen molar-refractivity contribution in [1.29, 1.82) is 0 Å². The van der Waals surface area contributed by atoms with E-state index in [0.29, 0.717) is 11.8 Å². The molecule has 3 heterocycles. The van der Waals surface area contributed by atoms with Gasteiger partial charge in [-0.1, -0.05) is 0 Å². The van der Waals surface area contributed by atoms with E-state index in [2.05, 4.69) is 15.1 Å². The predicted molar refractivity (Wildman–Crippen MR) is 95.1 cm³/mol. The first-order chi connectivity index (χ1) is 9.83. The van der Waals surface area contributed by atoms with E-state index in [1.165, 1.54) is 51.6 Å². The summed E-state index contributed by atoms with van der Waals surface area (Å²) in [5.41, 5.74) is 0. The molecule has 3 fully saturated rings. The summed E-state index contributed by atoms with van der Waals surface area (Å²) in [6.07, 6.45) is 8.27. The molecule has 3 aliphatic rings. The number of halogens is 2. The first-order valence-electron chi connectivity index (χ1n) is 8.55. The van der Waals surface area contributed by atoms with Gasteiger partial charge in [-0.2, -0.15) is 0 Å². The molecule has 1 amide bonds. The number of hydrogen-bond acceptors (Lipinski definition) is 3. The van der Waals surface area contributed by atoms with Gasteiger partial charge in [0.25, 0.3) is 0 Å². The highest BCUT2D eigenvalue weighted by molar-refractivity contribution is 5.85. The standard InChI is InChI=1S/C16H29N3O.2ClH/c20-16(13-14-3-7-17-8-4-14)19-11-5-15(6-12-19)18-9-1-2-10-18;;/h14-15,17H,1-13H2;2*1H. The third kappa shape index (κ3) is 5.26. The van der Waals surface area contributed by atoms with Gasteiger partial charge in [0.1, 0.15) is 0 Å². The second-order valence-electron chi connectivity index (χ2n) is 6.75. The Kier molecular flexibility index (Phi) is 9.07. The molecule has 0 radical (unpaired) electrons. The lowest BCUT2D eigenvalue weighted by atomic mass is 9.93. The number of carbonyl (C=O) groups excluding carboxylic acids is 1. The lowest BCUT2D eigenvalue weighted by molar-refractivity contribution is -0.133. The summed E-state index contributed by atoms with van der Waals surface area (Å²) < 4.78 is 0. The molecule has 6 heteroatoms. The lowest BCUT2D eigenvalue weighted by Crippen LogP contribution is -2.46. The van der Waals surface area contributed by atoms with Crippen molar-refractivity contribution >= 4 is 30.7 Å². The Balaban J connectivity index is 0.00000121. The van der Waals surface area contributed by atoms with Crippen molar-refractivity contribution in [3.05, 3.63) is 0 Å². The van der Waals surface area contributed by atoms with Crippen LogP contribution in [0.25, 0.3) is 0 Å². The van der Waals surface area contributed by atoms with E-state index in [4.69, 9.17) is 0 Å². The Labute approximate surface area is 147 Å². The van der Waals surface area contributed by atoms with Crippen LogP contribution < -0.4 is 5.32 Å². The van der Waals surface area contributed by atoms with E-state index in [9.17, 15) is 4.79 Å². The number of hydrogen-bond donors (Lipinski definition) is 1. The van der Waals surface area contributed by atoms with E-state index in [1.54, 1.807) is 0 Å². The predicted octanol–water partition coefficient (Wildman–Crippen LogP) is 2.31. The summed E-state index contributed by atoms with van der Waals surface area (Å²) in [6, 6.07) is 0.750. The number of carbonyl (C=O) groups is 1. The van der Waals surface area contributed by atoms with Crippen LogP contribution in [0, 0.1) is 5.92 Å². The van der Waals surface area contributed by atoms with Crippen LogP contribution in [0.3, 0.4) is 0 Å². The molecular formula is C16H31Cl2N3O. The minimum atomic E-state index is 0. The van der Waals surface area contributed by atoms with Gasteiger partial charge in [-0.15, -0.1) is 24.8 Å². The Hall–Kier alpha value is -0.0300. The molecule has 22 heavy (non-hydrogen) atoms. The second-order valence-corrected chi connectivity index (χ2v) is 6.75. The maximum Gasteiger partial charge on any atom is 0.222 e. The molecule has 0 saturated carbocycles. The maximum atomic E-state index is 12.4. The molecule has 0 aromatic rings. The summed E-state index contributed by atoms with van der Waals surface area (Å²) in [4.78, 5) is 17.2. The number of rotatable bonds is 3. The zero-order valence-corrected chi connectivity index (χ0v) is 15.1. The molecule has 0 unspecified atom stereocenters. The molecule has 0 bridgehead atoms. The van der Waals surface area contributed by atoms with Crippen LogP contribution >= 0.6 is 24.8 Å². The minimum Gasteiger partial charge on any atom is -0.343 e. The summed E-state index contributed by atoms with van der Waals surface area (Å²) in [6.45, 7) is 6.74. The van der Waals surface area contributed by atoms with Gasteiger partial charge in [-0.25, -0.2) is 0 Å². The van der Waals surface area contributed by atoms with Gasteiger partial charge in [0.2, 0.25) is 5.91 Å². The zero-order chi connectivity index (χ0) is 13.8. The Morgan fingerprint density at radius 2 is 1.50 bits per heavy atom. The van der Waals surface area contributed by atoms with Gasteiger partial charge < -0.3 is 15.1 Å². The highest BCUT2D eigenvalue weighted by Crippen LogP contribution is 2.23. The molecule has 4 nitrogen and oxygen atoms in total. The van der Waals surface area contributed by atoms with Crippen LogP contribution in [0.4, 0.5) is 0 Å². The monoisotopic (exact) mass is 351 g/mol. The number of amides is 1. The Bertz CT molecular complexity index is 323. The topological polar surface area (TPSA) is 35.6 Å². The molecule has 0 aromatic carbocycles. The van der Waals surface area contributed by atoms with Crippen LogP contribution in [0.2, 0.25) is 0 Å². The minimum absolute atomic E-state index is 0. The third-order valence-electron chi connectivity index (χ3n) is 5.40. The molecule has 0 spiro atoms. The van der Waals surface area contributed by atoms with Crippen molar-refractivity contribution in [1.82, 2.24) is 15.1 Å². The van der Waals surface area contributed by atoms with E-state index < -0.39 is 0 Å². The zero-order valence-electron chi connectivity index (χ0n) is 13.5. The largest absolute Gasteiger partial charge is 0.343 e. The summed E-state index contributed by atoms with van der Waals surface area (Å²) in [7, 11) is 0. The lowest BCUT2D eigenvalue weighted by Gasteiger charge is -2.37. The van der Waals surface area contributed by atoms with Crippen molar-refractivity contribution in [2.45, 2.75) is 51.0 Å². The first-order valence-corrected chi connectivity index (χ1v) is 8.55. The number of nitrogens with zero attached hydrogens (tertiary/aromatic N) is 2. The SMILES string of the molecule is Cl.Cl.O=C(CC1CCNCC1)N1CCC(N2CCCC2)CC1. The molecule has 3 aliphatic heterocycles. The van der Waals surface area contributed by atoms with Crippen molar-refractivity contribution < 1.29 is 4.79 Å². The van der Waals surface area contributed by atoms with Gasteiger partial charge in [0, 0.05) is 25.6 Å². The molecule has 130 valence electrons. The molecule has 0 atom stereocenters. The maximum absolute atomic E-state index is 12.4. The molecule has 1 N–H and O–H groups in total. The van der Waals surface area contributed by atoms with Crippen LogP contribution in [-0.2, 0) is 4.79 Å². The van der Waals surface area contributed by atoms with Gasteiger partial charge in [0.05, 0.1) is 0 Å². The van der Waals surface area contributed by atoms with Crippen molar-refractivity contribution in [2.24, 2.45) is 5.92 Å². The third-order valence-corrected chi connectivity index (χ3v) is 5.40. The smallest absolute Gasteiger partial charge is 0.222 e. The Morgan fingerprint density at radius 3 is 2.09 bits per heavy atom. The van der Waals surface area contributed by atoms with E-state index in [0.717, 1.165) is 38.6 Å².